The number of hydrogen-bond acceptors (Lipinski definition) is 4. The normalized spacial score (nSPS) is 24.7. The van der Waals surface area contributed by atoms with E-state index in [0.29, 0.717) is 13.0 Å². The van der Waals surface area contributed by atoms with Gasteiger partial charge in [0.05, 0.1) is 5.41 Å². The summed E-state index contributed by atoms with van der Waals surface area (Å²) in [5.41, 5.74) is 5.52. The van der Waals surface area contributed by atoms with Crippen LogP contribution >= 0.6 is 0 Å². The second-order valence-electron chi connectivity index (χ2n) is 6.66. The van der Waals surface area contributed by atoms with Crippen LogP contribution in [0.4, 0.5) is 0 Å². The van der Waals surface area contributed by atoms with Gasteiger partial charge in [0.2, 0.25) is 23.6 Å². The Morgan fingerprint density at radius 3 is 2.28 bits per heavy atom. The van der Waals surface area contributed by atoms with Crippen LogP contribution in [0.3, 0.4) is 0 Å². The van der Waals surface area contributed by atoms with Crippen LogP contribution in [0, 0.1) is 0 Å². The molecule has 0 aromatic heterocycles. The average Bonchev–Trinajstić information content (AvgIpc) is 3.19. The van der Waals surface area contributed by atoms with Crippen molar-refractivity contribution in [2.45, 2.75) is 37.6 Å². The number of imide groups is 1. The minimum absolute atomic E-state index is 0.145. The van der Waals surface area contributed by atoms with Gasteiger partial charge in [-0.25, -0.2) is 0 Å². The van der Waals surface area contributed by atoms with Gasteiger partial charge in [-0.3, -0.25) is 24.1 Å². The molecule has 2 heterocycles. The molecule has 2 aliphatic heterocycles. The highest BCUT2D eigenvalue weighted by atomic mass is 16.2. The fourth-order valence-corrected chi connectivity index (χ4v) is 3.73. The number of carbonyl (C=O) groups excluding carboxylic acids is 4. The van der Waals surface area contributed by atoms with Crippen molar-refractivity contribution in [2.75, 3.05) is 13.1 Å². The third kappa shape index (κ3) is 2.79. The molecule has 2 aliphatic rings. The third-order valence-electron chi connectivity index (χ3n) is 5.21. The summed E-state index contributed by atoms with van der Waals surface area (Å²) < 4.78 is 0. The summed E-state index contributed by atoms with van der Waals surface area (Å²) in [6, 6.07) is 8.30. The number of nitrogens with zero attached hydrogens (tertiary/aromatic N) is 2. The van der Waals surface area contributed by atoms with Crippen LogP contribution in [0.2, 0.25) is 0 Å². The summed E-state index contributed by atoms with van der Waals surface area (Å²) in [6.45, 7) is 2.07. The Balaban J connectivity index is 1.81. The van der Waals surface area contributed by atoms with Gasteiger partial charge in [0, 0.05) is 25.9 Å². The van der Waals surface area contributed by atoms with Crippen LogP contribution in [0.15, 0.2) is 30.3 Å². The second-order valence-corrected chi connectivity index (χ2v) is 6.66. The minimum atomic E-state index is -0.935. The zero-order valence-corrected chi connectivity index (χ0v) is 14.1. The Bertz CT molecular complexity index is 717. The molecule has 1 aromatic rings. The predicted molar refractivity (Wildman–Crippen MR) is 89.1 cm³/mol. The molecule has 0 bridgehead atoms. The van der Waals surface area contributed by atoms with E-state index in [-0.39, 0.29) is 37.1 Å². The lowest BCUT2D eigenvalue weighted by atomic mass is 9.79. The third-order valence-corrected chi connectivity index (χ3v) is 5.21. The Labute approximate surface area is 145 Å². The zero-order chi connectivity index (χ0) is 18.2. The minimum Gasteiger partial charge on any atom is -0.369 e. The SMILES string of the molecule is CC(C(=O)N1CCC(C(N)=O)(c2ccccc2)C1)N1C(=O)CCC1=O. The summed E-state index contributed by atoms with van der Waals surface area (Å²) in [6.07, 6.45) is 0.712. The highest BCUT2D eigenvalue weighted by Crippen LogP contribution is 2.35. The summed E-state index contributed by atoms with van der Waals surface area (Å²) in [4.78, 5) is 51.3. The Morgan fingerprint density at radius 1 is 1.12 bits per heavy atom. The molecule has 2 N–H and O–H groups in total. The lowest BCUT2D eigenvalue weighted by Crippen LogP contribution is -2.50. The lowest BCUT2D eigenvalue weighted by Gasteiger charge is -2.29. The number of likely N-dealkylation sites (tertiary alicyclic amines) is 2. The van der Waals surface area contributed by atoms with Gasteiger partial charge in [-0.05, 0) is 18.9 Å². The molecule has 0 radical (unpaired) electrons. The van der Waals surface area contributed by atoms with Gasteiger partial charge in [-0.1, -0.05) is 30.3 Å². The molecule has 4 amide bonds. The monoisotopic (exact) mass is 343 g/mol. The summed E-state index contributed by atoms with van der Waals surface area (Å²) in [7, 11) is 0. The second kappa shape index (κ2) is 6.31. The van der Waals surface area contributed by atoms with Crippen molar-refractivity contribution in [1.29, 1.82) is 0 Å². The van der Waals surface area contributed by atoms with Gasteiger partial charge >= 0.3 is 0 Å². The van der Waals surface area contributed by atoms with Crippen LogP contribution in [0.5, 0.6) is 0 Å². The van der Waals surface area contributed by atoms with Crippen molar-refractivity contribution in [2.24, 2.45) is 5.73 Å². The Hall–Kier alpha value is -2.70. The number of rotatable bonds is 4. The van der Waals surface area contributed by atoms with Crippen LogP contribution in [0.25, 0.3) is 0 Å². The maximum atomic E-state index is 12.8. The fourth-order valence-electron chi connectivity index (χ4n) is 3.73. The smallest absolute Gasteiger partial charge is 0.245 e. The molecule has 2 atom stereocenters. The van der Waals surface area contributed by atoms with Crippen molar-refractivity contribution in [3.63, 3.8) is 0 Å². The van der Waals surface area contributed by atoms with E-state index in [9.17, 15) is 19.2 Å². The van der Waals surface area contributed by atoms with E-state index < -0.39 is 17.4 Å². The Morgan fingerprint density at radius 2 is 1.72 bits per heavy atom. The molecular formula is C18H21N3O4. The number of primary amides is 1. The standard InChI is InChI=1S/C18H21N3O4/c1-12(21-14(22)7-8-15(21)23)16(24)20-10-9-18(11-20,17(19)25)13-5-3-2-4-6-13/h2-6,12H,7-11H2,1H3,(H2,19,25). The molecule has 7 heteroatoms. The number of nitrogens with two attached hydrogens (primary N) is 1. The van der Waals surface area contributed by atoms with E-state index in [2.05, 4.69) is 0 Å². The van der Waals surface area contributed by atoms with Gasteiger partial charge < -0.3 is 10.6 Å². The highest BCUT2D eigenvalue weighted by Gasteiger charge is 2.48. The van der Waals surface area contributed by atoms with Crippen LogP contribution in [-0.2, 0) is 24.6 Å². The van der Waals surface area contributed by atoms with E-state index in [0.717, 1.165) is 10.5 Å². The van der Waals surface area contributed by atoms with Crippen LogP contribution in [-0.4, -0.2) is 52.6 Å². The molecule has 25 heavy (non-hydrogen) atoms. The molecule has 7 nitrogen and oxygen atoms in total. The van der Waals surface area contributed by atoms with Gasteiger partial charge in [0.15, 0.2) is 0 Å². The first kappa shape index (κ1) is 17.1. The fraction of sp³-hybridized carbons (Fsp3) is 0.444. The number of hydrogen-bond donors (Lipinski definition) is 1. The average molecular weight is 343 g/mol. The van der Waals surface area contributed by atoms with E-state index in [1.54, 1.807) is 6.92 Å². The molecule has 2 unspecified atom stereocenters. The molecular weight excluding hydrogens is 322 g/mol. The first-order valence-corrected chi connectivity index (χ1v) is 8.36. The largest absolute Gasteiger partial charge is 0.369 e. The van der Waals surface area contributed by atoms with Gasteiger partial charge in [-0.15, -0.1) is 0 Å². The molecule has 1 aromatic carbocycles. The molecule has 0 spiro atoms. The van der Waals surface area contributed by atoms with Crippen molar-refractivity contribution < 1.29 is 19.2 Å². The summed E-state index contributed by atoms with van der Waals surface area (Å²) in [5, 5.41) is 0. The summed E-state index contributed by atoms with van der Waals surface area (Å²) >= 11 is 0. The maximum Gasteiger partial charge on any atom is 0.245 e. The Kier molecular flexibility index (Phi) is 4.32. The molecule has 0 aliphatic carbocycles. The van der Waals surface area contributed by atoms with Crippen molar-refractivity contribution in [1.82, 2.24) is 9.80 Å². The summed E-state index contributed by atoms with van der Waals surface area (Å²) in [5.74, 6) is -1.46. The lowest BCUT2D eigenvalue weighted by molar-refractivity contribution is -0.149. The van der Waals surface area contributed by atoms with E-state index >= 15 is 0 Å². The molecule has 2 fully saturated rings. The number of amides is 4. The first-order chi connectivity index (χ1) is 11.9. The van der Waals surface area contributed by atoms with Crippen molar-refractivity contribution >= 4 is 23.6 Å². The first-order valence-electron chi connectivity index (χ1n) is 8.36. The molecule has 3 rings (SSSR count). The van der Waals surface area contributed by atoms with Crippen LogP contribution < -0.4 is 5.73 Å². The van der Waals surface area contributed by atoms with E-state index in [1.165, 1.54) is 4.90 Å². The van der Waals surface area contributed by atoms with Crippen molar-refractivity contribution in [3.05, 3.63) is 35.9 Å². The highest BCUT2D eigenvalue weighted by molar-refractivity contribution is 6.05. The van der Waals surface area contributed by atoms with Gasteiger partial charge in [0.25, 0.3) is 0 Å². The van der Waals surface area contributed by atoms with Crippen LogP contribution in [0.1, 0.15) is 31.7 Å². The van der Waals surface area contributed by atoms with Crippen molar-refractivity contribution in [3.8, 4) is 0 Å². The van der Waals surface area contributed by atoms with Gasteiger partial charge in [-0.2, -0.15) is 0 Å². The quantitative estimate of drug-likeness (QED) is 0.788. The zero-order valence-electron chi connectivity index (χ0n) is 14.1. The molecule has 2 saturated heterocycles. The number of benzene rings is 1. The topological polar surface area (TPSA) is 101 Å². The number of carbonyl (C=O) groups is 4. The molecule has 132 valence electrons. The van der Waals surface area contributed by atoms with E-state index in [4.69, 9.17) is 5.73 Å². The predicted octanol–water partition coefficient (Wildman–Crippen LogP) is 0.179. The molecule has 0 saturated carbocycles. The van der Waals surface area contributed by atoms with Gasteiger partial charge in [0.1, 0.15) is 6.04 Å². The maximum absolute atomic E-state index is 12.8. The van der Waals surface area contributed by atoms with E-state index in [1.807, 2.05) is 30.3 Å².